The number of rotatable bonds is 8. The standard InChI is InChI=1S/C13H27N.Li.H/c1-5-8-10-14(11-9-6-2)12-13(4)7-3;;/h7H,5-6,8-12H2,1-4H3;;/q;+1;-1. The first-order chi connectivity index (χ1) is 6.74. The van der Waals surface area contributed by atoms with Gasteiger partial charge in [-0.15, -0.1) is 0 Å². The van der Waals surface area contributed by atoms with Crippen LogP contribution in [0.5, 0.6) is 0 Å². The van der Waals surface area contributed by atoms with Gasteiger partial charge in [0.05, 0.1) is 0 Å². The van der Waals surface area contributed by atoms with Gasteiger partial charge < -0.3 is 1.43 Å². The first kappa shape index (κ1) is 17.7. The maximum atomic E-state index is 2.59. The van der Waals surface area contributed by atoms with Crippen molar-refractivity contribution in [1.29, 1.82) is 0 Å². The third-order valence-electron chi connectivity index (χ3n) is 2.62. The Morgan fingerprint density at radius 1 is 1.13 bits per heavy atom. The average Bonchev–Trinajstić information content (AvgIpc) is 2.21. The molecule has 1 nitrogen and oxygen atoms in total. The Hall–Kier alpha value is 0.297. The molecule has 0 rings (SSSR count). The van der Waals surface area contributed by atoms with Gasteiger partial charge in [-0.2, -0.15) is 0 Å². The van der Waals surface area contributed by atoms with Crippen molar-refractivity contribution in [3.05, 3.63) is 11.6 Å². The molecule has 15 heavy (non-hydrogen) atoms. The van der Waals surface area contributed by atoms with Gasteiger partial charge in [-0.25, -0.2) is 0 Å². The molecule has 0 aliphatic rings. The topological polar surface area (TPSA) is 3.24 Å². The molecule has 0 aliphatic heterocycles. The van der Waals surface area contributed by atoms with E-state index in [0.29, 0.717) is 0 Å². The summed E-state index contributed by atoms with van der Waals surface area (Å²) in [7, 11) is 0. The summed E-state index contributed by atoms with van der Waals surface area (Å²) >= 11 is 0. The Balaban J connectivity index is -0.000000845. The zero-order chi connectivity index (χ0) is 10.8. The molecule has 0 radical (unpaired) electrons. The van der Waals surface area contributed by atoms with Crippen LogP contribution in [0, 0.1) is 0 Å². The van der Waals surface area contributed by atoms with Crippen LogP contribution >= 0.6 is 0 Å². The van der Waals surface area contributed by atoms with Gasteiger partial charge in [-0.3, -0.25) is 4.90 Å². The summed E-state index contributed by atoms with van der Waals surface area (Å²) in [5.41, 5.74) is 1.50. The summed E-state index contributed by atoms with van der Waals surface area (Å²) in [5, 5.41) is 0. The monoisotopic (exact) mass is 205 g/mol. The molecule has 0 saturated heterocycles. The van der Waals surface area contributed by atoms with Crippen molar-refractivity contribution in [2.45, 2.75) is 53.4 Å². The minimum Gasteiger partial charge on any atom is -1.00 e. The predicted molar refractivity (Wildman–Crippen MR) is 66.8 cm³/mol. The summed E-state index contributed by atoms with van der Waals surface area (Å²) in [5.74, 6) is 0. The molecule has 0 spiro atoms. The van der Waals surface area contributed by atoms with Crippen molar-refractivity contribution >= 4 is 0 Å². The first-order valence-electron chi connectivity index (χ1n) is 6.08. The molecule has 0 heterocycles. The van der Waals surface area contributed by atoms with Crippen molar-refractivity contribution < 1.29 is 20.3 Å². The van der Waals surface area contributed by atoms with Crippen LogP contribution in [0.15, 0.2) is 11.6 Å². The van der Waals surface area contributed by atoms with Crippen LogP contribution in [0.2, 0.25) is 0 Å². The van der Waals surface area contributed by atoms with E-state index in [4.69, 9.17) is 0 Å². The van der Waals surface area contributed by atoms with E-state index in [0.717, 1.165) is 6.54 Å². The van der Waals surface area contributed by atoms with E-state index in [9.17, 15) is 0 Å². The van der Waals surface area contributed by atoms with E-state index in [1.807, 2.05) is 0 Å². The van der Waals surface area contributed by atoms with E-state index in [1.165, 1.54) is 44.3 Å². The molecular weight excluding hydrogens is 177 g/mol. The van der Waals surface area contributed by atoms with Crippen molar-refractivity contribution in [2.24, 2.45) is 0 Å². The van der Waals surface area contributed by atoms with Crippen molar-refractivity contribution in [1.82, 2.24) is 4.90 Å². The van der Waals surface area contributed by atoms with E-state index >= 15 is 0 Å². The number of unbranched alkanes of at least 4 members (excludes halogenated alkanes) is 2. The fraction of sp³-hybridized carbons (Fsp3) is 0.846. The van der Waals surface area contributed by atoms with Crippen LogP contribution < -0.4 is 18.9 Å². The number of hydrogen-bond acceptors (Lipinski definition) is 1. The fourth-order valence-corrected chi connectivity index (χ4v) is 1.48. The van der Waals surface area contributed by atoms with Crippen molar-refractivity contribution in [3.8, 4) is 0 Å². The maximum Gasteiger partial charge on any atom is 1.00 e. The Morgan fingerprint density at radius 2 is 1.60 bits per heavy atom. The minimum atomic E-state index is 0. The Morgan fingerprint density at radius 3 is 1.93 bits per heavy atom. The summed E-state index contributed by atoms with van der Waals surface area (Å²) in [4.78, 5) is 2.59. The van der Waals surface area contributed by atoms with Crippen molar-refractivity contribution in [2.75, 3.05) is 19.6 Å². The number of nitrogens with zero attached hydrogens (tertiary/aromatic N) is 1. The zero-order valence-corrected chi connectivity index (χ0v) is 11.5. The molecule has 0 fully saturated rings. The minimum absolute atomic E-state index is 0. The van der Waals surface area contributed by atoms with Crippen LogP contribution in [0.25, 0.3) is 0 Å². The predicted octanol–water partition coefficient (Wildman–Crippen LogP) is 0.971. The summed E-state index contributed by atoms with van der Waals surface area (Å²) in [6, 6.07) is 0. The SMILES string of the molecule is CC=C(C)CN(CCCC)CCCC.[H-].[Li+]. The van der Waals surface area contributed by atoms with Crippen LogP contribution in [0.3, 0.4) is 0 Å². The third-order valence-corrected chi connectivity index (χ3v) is 2.62. The molecular formula is C13H28LiN. The maximum absolute atomic E-state index is 2.59. The fourth-order valence-electron chi connectivity index (χ4n) is 1.48. The van der Waals surface area contributed by atoms with Gasteiger partial charge in [0.1, 0.15) is 0 Å². The molecule has 0 saturated carbocycles. The van der Waals surface area contributed by atoms with Gasteiger partial charge in [0.15, 0.2) is 0 Å². The van der Waals surface area contributed by atoms with Gasteiger partial charge in [0, 0.05) is 6.54 Å². The first-order valence-corrected chi connectivity index (χ1v) is 6.08. The normalized spacial score (nSPS) is 11.7. The Bertz CT molecular complexity index is 152. The van der Waals surface area contributed by atoms with Gasteiger partial charge >= 0.3 is 18.9 Å². The number of allylic oxidation sites excluding steroid dienone is 1. The molecule has 86 valence electrons. The molecule has 0 bridgehead atoms. The smallest absolute Gasteiger partial charge is 1.00 e. The van der Waals surface area contributed by atoms with E-state index in [1.54, 1.807) is 0 Å². The molecule has 0 unspecified atom stereocenters. The summed E-state index contributed by atoms with van der Waals surface area (Å²) < 4.78 is 0. The molecule has 0 aliphatic carbocycles. The molecule has 0 amide bonds. The van der Waals surface area contributed by atoms with Gasteiger partial charge in [-0.1, -0.05) is 38.3 Å². The average molecular weight is 205 g/mol. The third kappa shape index (κ3) is 10.6. The molecule has 0 aromatic heterocycles. The number of hydrogen-bond donors (Lipinski definition) is 0. The van der Waals surface area contributed by atoms with Crippen LogP contribution in [0.4, 0.5) is 0 Å². The molecule has 0 aromatic rings. The Kier molecular flexibility index (Phi) is 14.6. The van der Waals surface area contributed by atoms with Gasteiger partial charge in [-0.05, 0) is 39.8 Å². The summed E-state index contributed by atoms with van der Waals surface area (Å²) in [6.07, 6.45) is 7.50. The van der Waals surface area contributed by atoms with Crippen molar-refractivity contribution in [3.63, 3.8) is 0 Å². The van der Waals surface area contributed by atoms with Gasteiger partial charge in [0.2, 0.25) is 0 Å². The van der Waals surface area contributed by atoms with E-state index < -0.39 is 0 Å². The van der Waals surface area contributed by atoms with Crippen LogP contribution in [0.1, 0.15) is 54.8 Å². The second kappa shape index (κ2) is 12.4. The summed E-state index contributed by atoms with van der Waals surface area (Å²) in [6.45, 7) is 12.6. The molecule has 0 N–H and O–H groups in total. The molecule has 0 aromatic carbocycles. The molecule has 2 heteroatoms. The van der Waals surface area contributed by atoms with Crippen LogP contribution in [-0.4, -0.2) is 24.5 Å². The van der Waals surface area contributed by atoms with Crippen LogP contribution in [-0.2, 0) is 0 Å². The zero-order valence-electron chi connectivity index (χ0n) is 12.5. The van der Waals surface area contributed by atoms with E-state index in [2.05, 4.69) is 38.7 Å². The quantitative estimate of drug-likeness (QED) is 0.421. The second-order valence-corrected chi connectivity index (χ2v) is 4.12. The molecule has 0 atom stereocenters. The second-order valence-electron chi connectivity index (χ2n) is 4.12. The van der Waals surface area contributed by atoms with Gasteiger partial charge in [0.25, 0.3) is 0 Å². The van der Waals surface area contributed by atoms with E-state index in [-0.39, 0.29) is 20.3 Å². The Labute approximate surface area is 110 Å². The largest absolute Gasteiger partial charge is 1.00 e.